The molecule has 3 aromatic heterocycles. The Labute approximate surface area is 241 Å². The second-order valence-electron chi connectivity index (χ2n) is 12.4. The number of rotatable bonds is 4. The summed E-state index contributed by atoms with van der Waals surface area (Å²) in [5.41, 5.74) is -0.382. The molecule has 3 aromatic rings. The number of fused-ring (bicyclic) bond motifs is 3. The highest BCUT2D eigenvalue weighted by Gasteiger charge is 2.44. The van der Waals surface area contributed by atoms with Gasteiger partial charge < -0.3 is 24.0 Å². The number of pyridine rings is 1. The van der Waals surface area contributed by atoms with Crippen LogP contribution in [0.15, 0.2) is 18.3 Å². The molecule has 5 fully saturated rings. The molecule has 10 nitrogen and oxygen atoms in total. The highest BCUT2D eigenvalue weighted by atomic mass is 19.4. The number of piperidine rings is 1. The van der Waals surface area contributed by atoms with Crippen LogP contribution in [-0.4, -0.2) is 81.7 Å². The van der Waals surface area contributed by atoms with Crippen molar-refractivity contribution in [3.05, 3.63) is 24.0 Å². The summed E-state index contributed by atoms with van der Waals surface area (Å²) >= 11 is 0. The highest BCUT2D eigenvalue weighted by molar-refractivity contribution is 5.95. The summed E-state index contributed by atoms with van der Waals surface area (Å²) < 4.78 is 64.9. The molecule has 5 aliphatic rings. The van der Waals surface area contributed by atoms with E-state index in [-0.39, 0.29) is 34.9 Å². The van der Waals surface area contributed by atoms with Gasteiger partial charge in [-0.1, -0.05) is 0 Å². The average Bonchev–Trinajstić information content (AvgIpc) is 3.78. The first-order valence-electron chi connectivity index (χ1n) is 15.3. The largest absolute Gasteiger partial charge is 0.435 e. The zero-order valence-corrected chi connectivity index (χ0v) is 23.6. The van der Waals surface area contributed by atoms with E-state index < -0.39 is 11.9 Å². The third-order valence-electron chi connectivity index (χ3n) is 9.84. The van der Waals surface area contributed by atoms with E-state index in [9.17, 15) is 13.2 Å². The molecule has 8 heterocycles. The van der Waals surface area contributed by atoms with Crippen LogP contribution in [0.2, 0.25) is 0 Å². The molecule has 13 heteroatoms. The van der Waals surface area contributed by atoms with Crippen LogP contribution in [-0.2, 0) is 20.4 Å². The lowest BCUT2D eigenvalue weighted by Gasteiger charge is -2.41. The molecule has 0 aliphatic carbocycles. The number of alkyl halides is 3. The molecule has 8 rings (SSSR count). The van der Waals surface area contributed by atoms with Crippen molar-refractivity contribution in [3.63, 3.8) is 0 Å². The lowest BCUT2D eigenvalue weighted by molar-refractivity contribution is -0.140. The summed E-state index contributed by atoms with van der Waals surface area (Å²) in [6.07, 6.45) is 5.23. The third-order valence-corrected chi connectivity index (χ3v) is 9.84. The Morgan fingerprint density at radius 2 is 1.71 bits per heavy atom. The smallest absolute Gasteiger partial charge is 0.377 e. The van der Waals surface area contributed by atoms with Gasteiger partial charge in [0.05, 0.1) is 42.0 Å². The Hall–Kier alpha value is -2.90. The quantitative estimate of drug-likeness (QED) is 0.429. The first kappa shape index (κ1) is 26.7. The number of aromatic nitrogens is 5. The Balaban J connectivity index is 1.27. The summed E-state index contributed by atoms with van der Waals surface area (Å²) in [6.45, 7) is 3.81. The van der Waals surface area contributed by atoms with Crippen LogP contribution >= 0.6 is 0 Å². The molecule has 0 amide bonds. The Morgan fingerprint density at radius 1 is 0.905 bits per heavy atom. The fourth-order valence-corrected chi connectivity index (χ4v) is 7.66. The number of halogens is 3. The molecule has 226 valence electrons. The van der Waals surface area contributed by atoms with Gasteiger partial charge in [-0.15, -0.1) is 0 Å². The van der Waals surface area contributed by atoms with Gasteiger partial charge in [-0.25, -0.2) is 9.67 Å². The predicted molar refractivity (Wildman–Crippen MR) is 148 cm³/mol. The van der Waals surface area contributed by atoms with Gasteiger partial charge in [-0.2, -0.15) is 28.1 Å². The molecule has 0 saturated carbocycles. The standard InChI is InChI=1S/C29H36F3N7O3/c30-29(31,32)26-25-21(36-12-9-28(10-13-36)8-3-15-42-28)16-23(38-19-5-6-20(38)18-40-17-19)33-27(25)39(35-26)22-7-11-37(34-22)24-4-1-2-14-41-24/h7,11,16,19-20,24H,1-6,8-10,12-15,17-18H2. The lowest BCUT2D eigenvalue weighted by atomic mass is 9.88. The third kappa shape index (κ3) is 4.46. The molecular weight excluding hydrogens is 551 g/mol. The van der Waals surface area contributed by atoms with Gasteiger partial charge >= 0.3 is 6.18 Å². The molecule has 3 atom stereocenters. The monoisotopic (exact) mass is 587 g/mol. The van der Waals surface area contributed by atoms with E-state index >= 15 is 0 Å². The van der Waals surface area contributed by atoms with E-state index in [2.05, 4.69) is 20.0 Å². The Kier molecular flexibility index (Phi) is 6.41. The number of morpholine rings is 1. The van der Waals surface area contributed by atoms with Gasteiger partial charge in [-0.05, 0) is 57.8 Å². The zero-order valence-electron chi connectivity index (χ0n) is 23.6. The van der Waals surface area contributed by atoms with Crippen LogP contribution in [0.25, 0.3) is 16.9 Å². The minimum atomic E-state index is -4.67. The maximum atomic E-state index is 14.7. The molecule has 42 heavy (non-hydrogen) atoms. The van der Waals surface area contributed by atoms with Gasteiger partial charge in [0, 0.05) is 44.6 Å². The van der Waals surface area contributed by atoms with Crippen LogP contribution in [0.5, 0.6) is 0 Å². The number of ether oxygens (including phenoxy) is 3. The summed E-state index contributed by atoms with van der Waals surface area (Å²) in [5.74, 6) is 0.970. The average molecular weight is 588 g/mol. The lowest BCUT2D eigenvalue weighted by Crippen LogP contribution is -2.47. The fraction of sp³-hybridized carbons (Fsp3) is 0.690. The van der Waals surface area contributed by atoms with Crippen LogP contribution in [0.3, 0.4) is 0 Å². The van der Waals surface area contributed by atoms with E-state index in [0.29, 0.717) is 50.2 Å². The highest BCUT2D eigenvalue weighted by Crippen LogP contribution is 2.45. The topological polar surface area (TPSA) is 82.7 Å². The zero-order chi connectivity index (χ0) is 28.5. The maximum Gasteiger partial charge on any atom is 0.435 e. The number of hydrogen-bond donors (Lipinski definition) is 0. The van der Waals surface area contributed by atoms with Crippen molar-refractivity contribution in [1.29, 1.82) is 0 Å². The Morgan fingerprint density at radius 3 is 2.40 bits per heavy atom. The first-order valence-corrected chi connectivity index (χ1v) is 15.3. The molecule has 5 saturated heterocycles. The second-order valence-corrected chi connectivity index (χ2v) is 12.4. The van der Waals surface area contributed by atoms with Gasteiger partial charge in [0.2, 0.25) is 0 Å². The van der Waals surface area contributed by atoms with Gasteiger partial charge in [0.1, 0.15) is 12.0 Å². The van der Waals surface area contributed by atoms with Crippen molar-refractivity contribution in [2.75, 3.05) is 49.3 Å². The van der Waals surface area contributed by atoms with E-state index in [0.717, 1.165) is 64.4 Å². The van der Waals surface area contributed by atoms with Crippen molar-refractivity contribution in [2.24, 2.45) is 0 Å². The molecule has 3 unspecified atom stereocenters. The molecule has 1 spiro atoms. The normalized spacial score (nSPS) is 27.9. The minimum absolute atomic E-state index is 0.0265. The van der Waals surface area contributed by atoms with E-state index in [4.69, 9.17) is 19.2 Å². The molecule has 5 aliphatic heterocycles. The Bertz CT molecular complexity index is 1430. The van der Waals surface area contributed by atoms with Crippen LogP contribution < -0.4 is 9.80 Å². The van der Waals surface area contributed by atoms with Gasteiger partial charge in [-0.3, -0.25) is 0 Å². The van der Waals surface area contributed by atoms with E-state index in [1.807, 2.05) is 6.07 Å². The van der Waals surface area contributed by atoms with Crippen LogP contribution in [0.1, 0.15) is 69.7 Å². The SMILES string of the molecule is FC(F)(F)c1nn(-c2ccn(C3CCCCO3)n2)c2nc(N3C4CCC3COC4)cc(N3CCC4(CCCO4)CC3)c12. The first-order chi connectivity index (χ1) is 20.4. The fourth-order valence-electron chi connectivity index (χ4n) is 7.66. The summed E-state index contributed by atoms with van der Waals surface area (Å²) in [5, 5.41) is 8.85. The van der Waals surface area contributed by atoms with E-state index in [1.54, 1.807) is 16.9 Å². The number of anilines is 2. The number of hydrogen-bond acceptors (Lipinski definition) is 8. The van der Waals surface area contributed by atoms with Crippen LogP contribution in [0, 0.1) is 0 Å². The van der Waals surface area contributed by atoms with Gasteiger partial charge in [0.15, 0.2) is 17.2 Å². The molecule has 0 radical (unpaired) electrons. The van der Waals surface area contributed by atoms with Crippen molar-refractivity contribution < 1.29 is 27.4 Å². The molecule has 0 N–H and O–H groups in total. The van der Waals surface area contributed by atoms with Crippen molar-refractivity contribution >= 4 is 22.5 Å². The maximum absolute atomic E-state index is 14.7. The second kappa shape index (κ2) is 10.1. The summed E-state index contributed by atoms with van der Waals surface area (Å²) in [7, 11) is 0. The molecular formula is C29H36F3N7O3. The molecule has 2 bridgehead atoms. The summed E-state index contributed by atoms with van der Waals surface area (Å²) in [4.78, 5) is 9.28. The predicted octanol–water partition coefficient (Wildman–Crippen LogP) is 4.85. The van der Waals surface area contributed by atoms with Gasteiger partial charge in [0.25, 0.3) is 0 Å². The molecule has 0 aromatic carbocycles. The van der Waals surface area contributed by atoms with Crippen molar-refractivity contribution in [3.8, 4) is 5.82 Å². The van der Waals surface area contributed by atoms with Crippen molar-refractivity contribution in [1.82, 2.24) is 24.5 Å². The van der Waals surface area contributed by atoms with Crippen LogP contribution in [0.4, 0.5) is 24.7 Å². The summed E-state index contributed by atoms with van der Waals surface area (Å²) in [6, 6.07) is 3.86. The minimum Gasteiger partial charge on any atom is -0.377 e. The van der Waals surface area contributed by atoms with Crippen molar-refractivity contribution in [2.45, 2.75) is 87.9 Å². The van der Waals surface area contributed by atoms with E-state index in [1.165, 1.54) is 4.68 Å². The number of nitrogens with zero attached hydrogens (tertiary/aromatic N) is 7.